The van der Waals surface area contributed by atoms with E-state index in [0.29, 0.717) is 5.69 Å². The number of carbonyl (C=O) groups is 2. The number of nitrogens with zero attached hydrogens (tertiary/aromatic N) is 1. The zero-order valence-corrected chi connectivity index (χ0v) is 15.3. The van der Waals surface area contributed by atoms with Gasteiger partial charge in [0.05, 0.1) is 11.7 Å². The minimum absolute atomic E-state index is 0.0253. The highest BCUT2D eigenvalue weighted by atomic mass is 19.1. The van der Waals surface area contributed by atoms with Crippen LogP contribution in [0.15, 0.2) is 36.5 Å². The van der Waals surface area contributed by atoms with Crippen molar-refractivity contribution in [2.45, 2.75) is 33.7 Å². The lowest BCUT2D eigenvalue weighted by molar-refractivity contribution is -0.118. The summed E-state index contributed by atoms with van der Waals surface area (Å²) in [6.45, 7) is 7.15. The van der Waals surface area contributed by atoms with Gasteiger partial charge in [-0.1, -0.05) is 19.9 Å². The number of benzene rings is 1. The van der Waals surface area contributed by atoms with E-state index in [0.717, 1.165) is 11.3 Å². The molecule has 0 saturated heterocycles. The van der Waals surface area contributed by atoms with Gasteiger partial charge >= 0.3 is 6.03 Å². The number of rotatable bonds is 5. The van der Waals surface area contributed by atoms with E-state index >= 15 is 0 Å². The van der Waals surface area contributed by atoms with Crippen molar-refractivity contribution in [2.24, 2.45) is 5.92 Å². The summed E-state index contributed by atoms with van der Waals surface area (Å²) in [5, 5.41) is 7.92. The van der Waals surface area contributed by atoms with E-state index in [2.05, 4.69) is 20.9 Å². The quantitative estimate of drug-likeness (QED) is 0.755. The second kappa shape index (κ2) is 8.42. The first kappa shape index (κ1) is 19.4. The number of nitrogens with one attached hydrogen (secondary N) is 3. The van der Waals surface area contributed by atoms with Gasteiger partial charge in [-0.05, 0) is 43.7 Å². The van der Waals surface area contributed by atoms with Crippen LogP contribution in [0.5, 0.6) is 0 Å². The summed E-state index contributed by atoms with van der Waals surface area (Å²) < 4.78 is 13.8. The molecule has 1 aromatic carbocycles. The fraction of sp³-hybridized carbons (Fsp3) is 0.316. The van der Waals surface area contributed by atoms with Crippen molar-refractivity contribution in [1.82, 2.24) is 10.3 Å². The zero-order chi connectivity index (χ0) is 19.3. The van der Waals surface area contributed by atoms with Crippen LogP contribution in [-0.2, 0) is 4.79 Å². The van der Waals surface area contributed by atoms with Crippen LogP contribution in [0, 0.1) is 18.7 Å². The number of aromatic nitrogens is 1. The molecule has 26 heavy (non-hydrogen) atoms. The van der Waals surface area contributed by atoms with Gasteiger partial charge in [-0.3, -0.25) is 9.78 Å². The number of carbonyl (C=O) groups excluding carboxylic acids is 2. The molecule has 0 bridgehead atoms. The molecule has 3 amide bonds. The number of hydrogen-bond acceptors (Lipinski definition) is 3. The van der Waals surface area contributed by atoms with Crippen LogP contribution in [0.2, 0.25) is 0 Å². The fourth-order valence-corrected chi connectivity index (χ4v) is 2.16. The third kappa shape index (κ3) is 5.27. The van der Waals surface area contributed by atoms with Gasteiger partial charge in [0.2, 0.25) is 5.91 Å². The molecule has 0 saturated carbocycles. The van der Waals surface area contributed by atoms with Crippen molar-refractivity contribution < 1.29 is 14.0 Å². The highest BCUT2D eigenvalue weighted by Gasteiger charge is 2.13. The standard InChI is InChI=1S/C19H23FN4O2/c1-11(2)18(25)24-17-9-15(7-8-16(17)20)23-19(26)22-13(4)14-6-5-12(3)21-10-14/h5-11,13H,1-4H3,(H,24,25)(H2,22,23,26)/t13-/m0/s1. The monoisotopic (exact) mass is 358 g/mol. The summed E-state index contributed by atoms with van der Waals surface area (Å²) in [7, 11) is 0. The lowest BCUT2D eigenvalue weighted by Gasteiger charge is -2.16. The van der Waals surface area contributed by atoms with Crippen molar-refractivity contribution in [3.05, 3.63) is 53.6 Å². The van der Waals surface area contributed by atoms with Crippen molar-refractivity contribution in [1.29, 1.82) is 0 Å². The summed E-state index contributed by atoms with van der Waals surface area (Å²) in [6, 6.07) is 7.08. The van der Waals surface area contributed by atoms with Gasteiger partial charge in [0.1, 0.15) is 5.82 Å². The average Bonchev–Trinajstić information content (AvgIpc) is 2.58. The third-order valence-electron chi connectivity index (χ3n) is 3.79. The van der Waals surface area contributed by atoms with Crippen LogP contribution in [0.3, 0.4) is 0 Å². The molecule has 3 N–H and O–H groups in total. The molecule has 138 valence electrons. The number of aryl methyl sites for hydroxylation is 1. The Morgan fingerprint density at radius 1 is 1.08 bits per heavy atom. The van der Waals surface area contributed by atoms with Crippen molar-refractivity contribution in [3.63, 3.8) is 0 Å². The first-order valence-electron chi connectivity index (χ1n) is 8.36. The maximum Gasteiger partial charge on any atom is 0.319 e. The van der Waals surface area contributed by atoms with E-state index < -0.39 is 11.8 Å². The maximum atomic E-state index is 13.8. The molecule has 1 atom stereocenters. The number of hydrogen-bond donors (Lipinski definition) is 3. The minimum Gasteiger partial charge on any atom is -0.331 e. The second-order valence-corrected chi connectivity index (χ2v) is 6.39. The van der Waals surface area contributed by atoms with Crippen molar-refractivity contribution >= 4 is 23.3 Å². The Morgan fingerprint density at radius 3 is 2.42 bits per heavy atom. The Balaban J connectivity index is 2.02. The SMILES string of the molecule is Cc1ccc([C@H](C)NC(=O)Nc2ccc(F)c(NC(=O)C(C)C)c2)cn1. The number of anilines is 2. The number of urea groups is 1. The van der Waals surface area contributed by atoms with Gasteiger partial charge in [-0.25, -0.2) is 9.18 Å². The first-order valence-corrected chi connectivity index (χ1v) is 8.36. The van der Waals surface area contributed by atoms with Crippen molar-refractivity contribution in [3.8, 4) is 0 Å². The van der Waals surface area contributed by atoms with Crippen molar-refractivity contribution in [2.75, 3.05) is 10.6 Å². The molecule has 0 spiro atoms. The number of amides is 3. The summed E-state index contributed by atoms with van der Waals surface area (Å²) >= 11 is 0. The average molecular weight is 358 g/mol. The summed E-state index contributed by atoms with van der Waals surface area (Å²) in [5.74, 6) is -1.15. The Labute approximate surface area is 152 Å². The van der Waals surface area contributed by atoms with Gasteiger partial charge in [0, 0.05) is 23.5 Å². The van der Waals surface area contributed by atoms with Gasteiger partial charge in [0.15, 0.2) is 0 Å². The first-order chi connectivity index (χ1) is 12.3. The Bertz CT molecular complexity index is 791. The van der Waals surface area contributed by atoms with Crippen LogP contribution >= 0.6 is 0 Å². The Kier molecular flexibility index (Phi) is 6.27. The van der Waals surface area contributed by atoms with Crippen LogP contribution in [-0.4, -0.2) is 16.9 Å². The predicted molar refractivity (Wildman–Crippen MR) is 99.4 cm³/mol. The molecule has 6 nitrogen and oxygen atoms in total. The highest BCUT2D eigenvalue weighted by molar-refractivity contribution is 5.94. The highest BCUT2D eigenvalue weighted by Crippen LogP contribution is 2.20. The second-order valence-electron chi connectivity index (χ2n) is 6.39. The Morgan fingerprint density at radius 2 is 1.81 bits per heavy atom. The topological polar surface area (TPSA) is 83.1 Å². The van der Waals surface area contributed by atoms with Gasteiger partial charge < -0.3 is 16.0 Å². The van der Waals surface area contributed by atoms with E-state index in [4.69, 9.17) is 0 Å². The molecule has 1 aromatic heterocycles. The molecule has 2 aromatic rings. The van der Waals surface area contributed by atoms with E-state index in [1.165, 1.54) is 18.2 Å². The molecule has 0 fully saturated rings. The smallest absolute Gasteiger partial charge is 0.319 e. The molecule has 0 aliphatic heterocycles. The van der Waals surface area contributed by atoms with Gasteiger partial charge in [-0.15, -0.1) is 0 Å². The molecule has 1 heterocycles. The van der Waals surface area contributed by atoms with E-state index in [-0.39, 0.29) is 23.6 Å². The minimum atomic E-state index is -0.566. The van der Waals surface area contributed by atoms with Crippen LogP contribution in [0.25, 0.3) is 0 Å². The molecular formula is C19H23FN4O2. The Hall–Kier alpha value is -2.96. The molecule has 0 aliphatic rings. The summed E-state index contributed by atoms with van der Waals surface area (Å²) in [4.78, 5) is 28.1. The number of pyridine rings is 1. The summed E-state index contributed by atoms with van der Waals surface area (Å²) in [5.41, 5.74) is 2.16. The van der Waals surface area contributed by atoms with Gasteiger partial charge in [-0.2, -0.15) is 0 Å². The van der Waals surface area contributed by atoms with Crippen LogP contribution < -0.4 is 16.0 Å². The van der Waals surface area contributed by atoms with Crippen LogP contribution in [0.4, 0.5) is 20.6 Å². The van der Waals surface area contributed by atoms with E-state index in [1.807, 2.05) is 26.0 Å². The third-order valence-corrected chi connectivity index (χ3v) is 3.79. The van der Waals surface area contributed by atoms with E-state index in [9.17, 15) is 14.0 Å². The molecule has 0 radical (unpaired) electrons. The van der Waals surface area contributed by atoms with E-state index in [1.54, 1.807) is 20.0 Å². The maximum absolute atomic E-state index is 13.8. The lowest BCUT2D eigenvalue weighted by Crippen LogP contribution is -2.31. The number of halogens is 1. The lowest BCUT2D eigenvalue weighted by atomic mass is 10.1. The fourth-order valence-electron chi connectivity index (χ4n) is 2.16. The predicted octanol–water partition coefficient (Wildman–Crippen LogP) is 4.01. The molecular weight excluding hydrogens is 335 g/mol. The molecule has 7 heteroatoms. The normalized spacial score (nSPS) is 11.8. The zero-order valence-electron chi connectivity index (χ0n) is 15.3. The molecule has 2 rings (SSSR count). The van der Waals surface area contributed by atoms with Gasteiger partial charge in [0.25, 0.3) is 0 Å². The summed E-state index contributed by atoms with van der Waals surface area (Å²) in [6.07, 6.45) is 1.71. The molecule has 0 aliphatic carbocycles. The molecule has 0 unspecified atom stereocenters. The largest absolute Gasteiger partial charge is 0.331 e. The van der Waals surface area contributed by atoms with Crippen LogP contribution in [0.1, 0.15) is 38.1 Å².